The van der Waals surface area contributed by atoms with Gasteiger partial charge in [0.2, 0.25) is 17.7 Å². The van der Waals surface area contributed by atoms with Crippen molar-refractivity contribution in [3.63, 3.8) is 0 Å². The second-order valence-electron chi connectivity index (χ2n) is 4.10. The fourth-order valence-corrected chi connectivity index (χ4v) is 1.48. The maximum Gasteiger partial charge on any atom is 0.244 e. The first kappa shape index (κ1) is 17.7. The number of amides is 3. The molecule has 0 saturated heterocycles. The maximum atomic E-state index is 11.9. The molecule has 0 aliphatic rings. The van der Waals surface area contributed by atoms with E-state index in [1.54, 1.807) is 20.9 Å². The van der Waals surface area contributed by atoms with Crippen LogP contribution in [0, 0.1) is 0 Å². The number of thiol groups is 1. The Hall–Kier alpha value is -1.28. The SMILES string of the molecule is CNC(=O)[C@@H](C)NC(=O)[C@@H](CS)NC(=O)[C@@H](C)NC. The van der Waals surface area contributed by atoms with Crippen molar-refractivity contribution >= 4 is 30.4 Å². The number of rotatable bonds is 7. The highest BCUT2D eigenvalue weighted by atomic mass is 32.1. The summed E-state index contributed by atoms with van der Waals surface area (Å²) in [6, 6.07) is -1.86. The Morgan fingerprint density at radius 2 is 1.53 bits per heavy atom. The lowest BCUT2D eigenvalue weighted by molar-refractivity contribution is -0.131. The van der Waals surface area contributed by atoms with Crippen LogP contribution in [0.4, 0.5) is 0 Å². The van der Waals surface area contributed by atoms with Crippen molar-refractivity contribution in [1.29, 1.82) is 0 Å². The second kappa shape index (κ2) is 8.76. The Morgan fingerprint density at radius 3 is 1.95 bits per heavy atom. The quantitative estimate of drug-likeness (QED) is 0.359. The van der Waals surface area contributed by atoms with E-state index < -0.39 is 24.0 Å². The van der Waals surface area contributed by atoms with Crippen molar-refractivity contribution in [3.8, 4) is 0 Å². The Labute approximate surface area is 118 Å². The lowest BCUT2D eigenvalue weighted by atomic mass is 10.2. The predicted molar refractivity (Wildman–Crippen MR) is 76.0 cm³/mol. The molecule has 110 valence electrons. The van der Waals surface area contributed by atoms with Gasteiger partial charge in [0.1, 0.15) is 12.1 Å². The minimum Gasteiger partial charge on any atom is -0.357 e. The third-order valence-corrected chi connectivity index (χ3v) is 3.01. The van der Waals surface area contributed by atoms with Crippen LogP contribution in [0.15, 0.2) is 0 Å². The molecule has 0 rings (SSSR count). The number of likely N-dealkylation sites (N-methyl/N-ethyl adjacent to an activating group) is 2. The number of carbonyl (C=O) groups excluding carboxylic acids is 3. The first-order valence-electron chi connectivity index (χ1n) is 5.97. The van der Waals surface area contributed by atoms with E-state index >= 15 is 0 Å². The van der Waals surface area contributed by atoms with Gasteiger partial charge in [-0.05, 0) is 20.9 Å². The van der Waals surface area contributed by atoms with Gasteiger partial charge in [-0.15, -0.1) is 0 Å². The molecule has 7 nitrogen and oxygen atoms in total. The maximum absolute atomic E-state index is 11.9. The molecule has 0 heterocycles. The number of hydrogen-bond acceptors (Lipinski definition) is 5. The van der Waals surface area contributed by atoms with Gasteiger partial charge in [0.25, 0.3) is 0 Å². The molecule has 0 aliphatic heterocycles. The van der Waals surface area contributed by atoms with Gasteiger partial charge in [-0.2, -0.15) is 12.6 Å². The fourth-order valence-electron chi connectivity index (χ4n) is 1.22. The molecule has 0 radical (unpaired) electrons. The second-order valence-corrected chi connectivity index (χ2v) is 4.46. The van der Waals surface area contributed by atoms with Crippen LogP contribution in [0.1, 0.15) is 13.8 Å². The summed E-state index contributed by atoms with van der Waals surface area (Å²) in [5.41, 5.74) is 0. The minimum atomic E-state index is -0.779. The minimum absolute atomic E-state index is 0.147. The van der Waals surface area contributed by atoms with Gasteiger partial charge in [0.15, 0.2) is 0 Å². The lowest BCUT2D eigenvalue weighted by Crippen LogP contribution is -2.55. The van der Waals surface area contributed by atoms with Crippen LogP contribution in [0.5, 0.6) is 0 Å². The zero-order valence-electron chi connectivity index (χ0n) is 11.6. The van der Waals surface area contributed by atoms with E-state index in [2.05, 4.69) is 33.9 Å². The number of nitrogens with one attached hydrogen (secondary N) is 4. The highest BCUT2D eigenvalue weighted by molar-refractivity contribution is 7.80. The third kappa shape index (κ3) is 5.93. The first-order chi connectivity index (χ1) is 8.87. The molecule has 0 aliphatic carbocycles. The first-order valence-corrected chi connectivity index (χ1v) is 6.61. The van der Waals surface area contributed by atoms with Gasteiger partial charge in [-0.1, -0.05) is 0 Å². The number of hydrogen-bond donors (Lipinski definition) is 5. The van der Waals surface area contributed by atoms with Crippen molar-refractivity contribution < 1.29 is 14.4 Å². The van der Waals surface area contributed by atoms with Crippen LogP contribution in [-0.4, -0.2) is 55.7 Å². The average Bonchev–Trinajstić information content (AvgIpc) is 2.41. The Morgan fingerprint density at radius 1 is 0.947 bits per heavy atom. The van der Waals surface area contributed by atoms with Gasteiger partial charge in [0.05, 0.1) is 6.04 Å². The van der Waals surface area contributed by atoms with E-state index in [4.69, 9.17) is 0 Å². The van der Waals surface area contributed by atoms with Gasteiger partial charge in [0, 0.05) is 12.8 Å². The van der Waals surface area contributed by atoms with Gasteiger partial charge in [-0.25, -0.2) is 0 Å². The summed E-state index contributed by atoms with van der Waals surface area (Å²) in [5, 5.41) is 10.3. The summed E-state index contributed by atoms with van der Waals surface area (Å²) >= 11 is 4.03. The topological polar surface area (TPSA) is 99.3 Å². The van der Waals surface area contributed by atoms with Crippen molar-refractivity contribution in [2.24, 2.45) is 0 Å². The lowest BCUT2D eigenvalue weighted by Gasteiger charge is -2.20. The van der Waals surface area contributed by atoms with Crippen molar-refractivity contribution in [2.45, 2.75) is 32.0 Å². The molecule has 4 N–H and O–H groups in total. The fraction of sp³-hybridized carbons (Fsp3) is 0.727. The van der Waals surface area contributed by atoms with Crippen LogP contribution < -0.4 is 21.3 Å². The molecule has 0 aromatic rings. The van der Waals surface area contributed by atoms with E-state index in [1.165, 1.54) is 7.05 Å². The van der Waals surface area contributed by atoms with E-state index in [0.717, 1.165) is 0 Å². The smallest absolute Gasteiger partial charge is 0.244 e. The van der Waals surface area contributed by atoms with Crippen LogP contribution in [0.3, 0.4) is 0 Å². The molecule has 3 atom stereocenters. The highest BCUT2D eigenvalue weighted by Crippen LogP contribution is 1.93. The van der Waals surface area contributed by atoms with Gasteiger partial charge >= 0.3 is 0 Å². The summed E-state index contributed by atoms with van der Waals surface area (Å²) in [6.07, 6.45) is 0. The summed E-state index contributed by atoms with van der Waals surface area (Å²) in [5.74, 6) is -0.901. The molecular weight excluding hydrogens is 268 g/mol. The Bertz CT molecular complexity index is 338. The van der Waals surface area contributed by atoms with Crippen molar-refractivity contribution in [3.05, 3.63) is 0 Å². The molecule has 0 saturated carbocycles. The molecule has 0 bridgehead atoms. The molecule has 3 amide bonds. The summed E-state index contributed by atoms with van der Waals surface area (Å²) in [6.45, 7) is 3.24. The largest absolute Gasteiger partial charge is 0.357 e. The van der Waals surface area contributed by atoms with E-state index in [1.807, 2.05) is 0 Å². The molecular formula is C11H22N4O3S. The Balaban J connectivity index is 4.48. The molecule has 0 aromatic heterocycles. The zero-order valence-corrected chi connectivity index (χ0v) is 12.5. The van der Waals surface area contributed by atoms with E-state index in [-0.39, 0.29) is 17.6 Å². The average molecular weight is 290 g/mol. The summed E-state index contributed by atoms with van der Waals surface area (Å²) < 4.78 is 0. The highest BCUT2D eigenvalue weighted by Gasteiger charge is 2.24. The predicted octanol–water partition coefficient (Wildman–Crippen LogP) is -1.74. The third-order valence-electron chi connectivity index (χ3n) is 2.64. The van der Waals surface area contributed by atoms with Crippen molar-refractivity contribution in [1.82, 2.24) is 21.3 Å². The molecule has 0 unspecified atom stereocenters. The van der Waals surface area contributed by atoms with E-state index in [0.29, 0.717) is 0 Å². The Kier molecular flexibility index (Phi) is 8.17. The molecule has 8 heteroatoms. The van der Waals surface area contributed by atoms with Crippen LogP contribution in [0.25, 0.3) is 0 Å². The standard InChI is InChI=1S/C11H22N4O3S/c1-6(12-3)10(17)15-8(5-19)11(18)14-7(2)9(16)13-4/h6-8,12,19H,5H2,1-4H3,(H,13,16)(H,14,18)(H,15,17)/t6-,7-,8-/m1/s1. The monoisotopic (exact) mass is 290 g/mol. The molecule has 0 aromatic carbocycles. The molecule has 0 fully saturated rings. The van der Waals surface area contributed by atoms with Gasteiger partial charge in [-0.3, -0.25) is 14.4 Å². The summed E-state index contributed by atoms with van der Waals surface area (Å²) in [4.78, 5) is 34.8. The summed E-state index contributed by atoms with van der Waals surface area (Å²) in [7, 11) is 3.13. The van der Waals surface area contributed by atoms with Crippen LogP contribution in [-0.2, 0) is 14.4 Å². The number of carbonyl (C=O) groups is 3. The van der Waals surface area contributed by atoms with Crippen molar-refractivity contribution in [2.75, 3.05) is 19.8 Å². The molecule has 19 heavy (non-hydrogen) atoms. The zero-order chi connectivity index (χ0) is 15.0. The molecule has 0 spiro atoms. The van der Waals surface area contributed by atoms with E-state index in [9.17, 15) is 14.4 Å². The van der Waals surface area contributed by atoms with Crippen LogP contribution >= 0.6 is 12.6 Å². The normalized spacial score (nSPS) is 15.0. The van der Waals surface area contributed by atoms with Gasteiger partial charge < -0.3 is 21.3 Å². The van der Waals surface area contributed by atoms with Crippen LogP contribution in [0.2, 0.25) is 0 Å².